The van der Waals surface area contributed by atoms with Crippen LogP contribution < -0.4 is 4.90 Å². The predicted octanol–water partition coefficient (Wildman–Crippen LogP) is 2.20. The molecule has 2 saturated heterocycles. The predicted molar refractivity (Wildman–Crippen MR) is 103 cm³/mol. The molecular formula is C21H27N3O3. The Balaban J connectivity index is 1.69. The number of likely N-dealkylation sites (tertiary alicyclic amines) is 1. The minimum absolute atomic E-state index is 0.0149. The summed E-state index contributed by atoms with van der Waals surface area (Å²) in [5, 5.41) is 0. The normalized spacial score (nSPS) is 25.3. The zero-order chi connectivity index (χ0) is 19.1. The molecule has 6 nitrogen and oxygen atoms in total. The molecule has 6 heteroatoms. The molecule has 144 valence electrons. The van der Waals surface area contributed by atoms with E-state index in [1.165, 1.54) is 0 Å². The lowest BCUT2D eigenvalue weighted by Gasteiger charge is -2.33. The molecule has 0 unspecified atom stereocenters. The molecule has 2 fully saturated rings. The highest BCUT2D eigenvalue weighted by atomic mass is 16.2. The highest BCUT2D eigenvalue weighted by molar-refractivity contribution is 6.13. The summed E-state index contributed by atoms with van der Waals surface area (Å²) < 4.78 is 0. The van der Waals surface area contributed by atoms with Gasteiger partial charge in [0.1, 0.15) is 12.6 Å². The number of hydrogen-bond acceptors (Lipinski definition) is 3. The summed E-state index contributed by atoms with van der Waals surface area (Å²) in [6.45, 7) is 6.17. The fourth-order valence-electron chi connectivity index (χ4n) is 4.71. The molecule has 0 spiro atoms. The molecule has 3 aliphatic rings. The molecule has 27 heavy (non-hydrogen) atoms. The zero-order valence-electron chi connectivity index (χ0n) is 16.1. The molecule has 3 aliphatic heterocycles. The van der Waals surface area contributed by atoms with Crippen molar-refractivity contribution in [2.24, 2.45) is 5.92 Å². The highest BCUT2D eigenvalue weighted by Crippen LogP contribution is 2.34. The van der Waals surface area contributed by atoms with Crippen molar-refractivity contribution in [2.45, 2.75) is 45.6 Å². The zero-order valence-corrected chi connectivity index (χ0v) is 16.1. The van der Waals surface area contributed by atoms with Gasteiger partial charge in [-0.1, -0.05) is 19.1 Å². The maximum absolute atomic E-state index is 13.3. The molecule has 3 heterocycles. The van der Waals surface area contributed by atoms with Crippen LogP contribution in [-0.4, -0.2) is 59.7 Å². The minimum Gasteiger partial charge on any atom is -0.341 e. The van der Waals surface area contributed by atoms with E-state index in [4.69, 9.17) is 0 Å². The van der Waals surface area contributed by atoms with Gasteiger partial charge >= 0.3 is 0 Å². The van der Waals surface area contributed by atoms with Gasteiger partial charge in [-0.05, 0) is 50.2 Å². The number of nitrogens with zero attached hydrogens (tertiary/aromatic N) is 3. The third-order valence-corrected chi connectivity index (χ3v) is 6.11. The number of piperidine rings is 1. The van der Waals surface area contributed by atoms with E-state index in [0.29, 0.717) is 30.1 Å². The topological polar surface area (TPSA) is 60.9 Å². The van der Waals surface area contributed by atoms with Crippen molar-refractivity contribution < 1.29 is 14.4 Å². The van der Waals surface area contributed by atoms with Gasteiger partial charge < -0.3 is 14.7 Å². The number of carbonyl (C=O) groups is 3. The van der Waals surface area contributed by atoms with Gasteiger partial charge in [0.2, 0.25) is 11.8 Å². The molecule has 0 aromatic heterocycles. The summed E-state index contributed by atoms with van der Waals surface area (Å²) in [5.41, 5.74) is 2.00. The molecule has 4 rings (SSSR count). The van der Waals surface area contributed by atoms with Gasteiger partial charge in [-0.15, -0.1) is 0 Å². The number of fused-ring (bicyclic) bond motifs is 2. The summed E-state index contributed by atoms with van der Waals surface area (Å²) in [7, 11) is 0. The van der Waals surface area contributed by atoms with Gasteiger partial charge in [0, 0.05) is 19.6 Å². The van der Waals surface area contributed by atoms with Crippen molar-refractivity contribution in [3.63, 3.8) is 0 Å². The van der Waals surface area contributed by atoms with Crippen LogP contribution in [0.3, 0.4) is 0 Å². The third kappa shape index (κ3) is 3.11. The third-order valence-electron chi connectivity index (χ3n) is 6.11. The van der Waals surface area contributed by atoms with E-state index >= 15 is 0 Å². The van der Waals surface area contributed by atoms with Gasteiger partial charge in [0.05, 0.1) is 11.3 Å². The van der Waals surface area contributed by atoms with E-state index in [2.05, 4.69) is 6.92 Å². The van der Waals surface area contributed by atoms with Crippen molar-refractivity contribution >= 4 is 23.4 Å². The number of hydrogen-bond donors (Lipinski definition) is 0. The first-order chi connectivity index (χ1) is 13.0. The van der Waals surface area contributed by atoms with Crippen LogP contribution >= 0.6 is 0 Å². The number of aryl methyl sites for hydroxylation is 1. The number of para-hydroxylation sites is 1. The van der Waals surface area contributed by atoms with Crippen LogP contribution in [0.5, 0.6) is 0 Å². The standard InChI is InChI=1S/C21H27N3O3/c1-14-6-4-10-22(12-14)18(25)13-24-19-15(2)7-3-8-16(19)20(26)23-11-5-9-17(23)21(24)27/h3,7-8,14,17H,4-6,9-13H2,1-2H3/t14-,17+/m1/s1. The van der Waals surface area contributed by atoms with Gasteiger partial charge in [-0.2, -0.15) is 0 Å². The van der Waals surface area contributed by atoms with Crippen LogP contribution in [0.25, 0.3) is 0 Å². The van der Waals surface area contributed by atoms with Crippen LogP contribution in [0.2, 0.25) is 0 Å². The van der Waals surface area contributed by atoms with Crippen molar-refractivity contribution in [3.8, 4) is 0 Å². The van der Waals surface area contributed by atoms with E-state index in [1.807, 2.05) is 24.0 Å². The maximum atomic E-state index is 13.3. The molecule has 3 amide bonds. The van der Waals surface area contributed by atoms with Crippen molar-refractivity contribution in [1.29, 1.82) is 0 Å². The molecule has 1 aromatic rings. The second-order valence-corrected chi connectivity index (χ2v) is 8.14. The average molecular weight is 369 g/mol. The van der Waals surface area contributed by atoms with Gasteiger partial charge in [0.25, 0.3) is 5.91 Å². The van der Waals surface area contributed by atoms with Gasteiger partial charge in [0.15, 0.2) is 0 Å². The Bertz CT molecular complexity index is 791. The van der Waals surface area contributed by atoms with E-state index in [0.717, 1.165) is 37.9 Å². The fourth-order valence-corrected chi connectivity index (χ4v) is 4.71. The number of rotatable bonds is 2. The summed E-state index contributed by atoms with van der Waals surface area (Å²) in [6, 6.07) is 5.08. The van der Waals surface area contributed by atoms with Crippen molar-refractivity contribution in [3.05, 3.63) is 29.3 Å². The second-order valence-electron chi connectivity index (χ2n) is 8.14. The minimum atomic E-state index is -0.447. The van der Waals surface area contributed by atoms with Gasteiger partial charge in [-0.3, -0.25) is 14.4 Å². The molecule has 0 aliphatic carbocycles. The van der Waals surface area contributed by atoms with Crippen molar-refractivity contribution in [1.82, 2.24) is 9.80 Å². The molecule has 0 N–H and O–H groups in total. The summed E-state index contributed by atoms with van der Waals surface area (Å²) in [6.07, 6.45) is 3.64. The molecule has 1 aromatic carbocycles. The van der Waals surface area contributed by atoms with Crippen molar-refractivity contribution in [2.75, 3.05) is 31.1 Å². The van der Waals surface area contributed by atoms with Crippen LogP contribution in [-0.2, 0) is 9.59 Å². The Morgan fingerprint density at radius 1 is 1.15 bits per heavy atom. The fraction of sp³-hybridized carbons (Fsp3) is 0.571. The average Bonchev–Trinajstić information content (AvgIpc) is 3.12. The molecule has 0 saturated carbocycles. The largest absolute Gasteiger partial charge is 0.341 e. The Hall–Kier alpha value is -2.37. The Morgan fingerprint density at radius 3 is 2.70 bits per heavy atom. The second kappa shape index (κ2) is 6.98. The lowest BCUT2D eigenvalue weighted by Crippen LogP contribution is -2.50. The highest BCUT2D eigenvalue weighted by Gasteiger charge is 2.43. The lowest BCUT2D eigenvalue weighted by atomic mass is 10.00. The number of benzene rings is 1. The SMILES string of the molecule is Cc1cccc2c1N(CC(=O)N1CCC[C@@H](C)C1)C(=O)[C@@H]1CCCN1C2=O. The Morgan fingerprint density at radius 2 is 1.93 bits per heavy atom. The first kappa shape index (κ1) is 18.0. The number of amides is 3. The Labute approximate surface area is 160 Å². The Kier molecular flexibility index (Phi) is 4.66. The summed E-state index contributed by atoms with van der Waals surface area (Å²) in [5.74, 6) is 0.254. The van der Waals surface area contributed by atoms with Gasteiger partial charge in [-0.25, -0.2) is 0 Å². The van der Waals surface area contributed by atoms with E-state index < -0.39 is 6.04 Å². The molecule has 2 atom stereocenters. The first-order valence-corrected chi connectivity index (χ1v) is 9.97. The maximum Gasteiger partial charge on any atom is 0.256 e. The summed E-state index contributed by atoms with van der Waals surface area (Å²) in [4.78, 5) is 44.5. The van der Waals surface area contributed by atoms with E-state index in [-0.39, 0.29) is 24.3 Å². The smallest absolute Gasteiger partial charge is 0.256 e. The quantitative estimate of drug-likeness (QED) is 0.803. The van der Waals surface area contributed by atoms with Crippen LogP contribution in [0.1, 0.15) is 48.5 Å². The van der Waals surface area contributed by atoms with Crippen LogP contribution in [0.15, 0.2) is 18.2 Å². The lowest BCUT2D eigenvalue weighted by molar-refractivity contribution is -0.133. The molecular weight excluding hydrogens is 342 g/mol. The number of anilines is 1. The van der Waals surface area contributed by atoms with Crippen LogP contribution in [0, 0.1) is 12.8 Å². The van der Waals surface area contributed by atoms with Crippen LogP contribution in [0.4, 0.5) is 5.69 Å². The summed E-state index contributed by atoms with van der Waals surface area (Å²) >= 11 is 0. The molecule has 0 radical (unpaired) electrons. The molecule has 0 bridgehead atoms. The van der Waals surface area contributed by atoms with E-state index in [1.54, 1.807) is 15.9 Å². The number of carbonyl (C=O) groups excluding carboxylic acids is 3. The van der Waals surface area contributed by atoms with E-state index in [9.17, 15) is 14.4 Å². The first-order valence-electron chi connectivity index (χ1n) is 9.97. The monoisotopic (exact) mass is 369 g/mol.